The molecule has 2 aromatic rings. The molecular formula is C15H12BrN3O2. The van der Waals surface area contributed by atoms with E-state index < -0.39 is 0 Å². The average molecular weight is 346 g/mol. The Labute approximate surface area is 130 Å². The number of hydrazone groups is 1. The zero-order valence-electron chi connectivity index (χ0n) is 11.0. The fourth-order valence-corrected chi connectivity index (χ4v) is 1.93. The third kappa shape index (κ3) is 4.32. The molecule has 0 radical (unpaired) electrons. The summed E-state index contributed by atoms with van der Waals surface area (Å²) in [5, 5.41) is 6.83. The highest BCUT2D eigenvalue weighted by Crippen LogP contribution is 2.10. The van der Waals surface area contributed by atoms with Crippen LogP contribution in [0.2, 0.25) is 0 Å². The van der Waals surface area contributed by atoms with Crippen molar-refractivity contribution in [2.24, 2.45) is 10.3 Å². The Morgan fingerprint density at radius 3 is 2.29 bits per heavy atom. The maximum atomic E-state index is 12.0. The summed E-state index contributed by atoms with van der Waals surface area (Å²) in [6.07, 6.45) is 0. The molecule has 0 spiro atoms. The molecule has 0 aliphatic carbocycles. The number of rotatable bonds is 5. The fraction of sp³-hybridized carbons (Fsp3) is 0.0667. The van der Waals surface area contributed by atoms with Gasteiger partial charge in [0.25, 0.3) is 5.91 Å². The molecule has 0 fully saturated rings. The van der Waals surface area contributed by atoms with Crippen LogP contribution < -0.4 is 5.43 Å². The van der Waals surface area contributed by atoms with Crippen molar-refractivity contribution in [3.8, 4) is 0 Å². The maximum Gasteiger partial charge on any atom is 0.271 e. The van der Waals surface area contributed by atoms with E-state index in [0.29, 0.717) is 11.3 Å². The van der Waals surface area contributed by atoms with Gasteiger partial charge in [0.15, 0.2) is 0 Å². The highest BCUT2D eigenvalue weighted by molar-refractivity contribution is 9.10. The molecule has 2 aromatic carbocycles. The second-order valence-corrected chi connectivity index (χ2v) is 5.08. The number of hydrogen-bond acceptors (Lipinski definition) is 4. The molecule has 21 heavy (non-hydrogen) atoms. The van der Waals surface area contributed by atoms with Gasteiger partial charge in [0.05, 0.1) is 5.71 Å². The maximum absolute atomic E-state index is 12.0. The SMILES string of the molecule is O=NCC(=NNC(=O)c1ccc(Br)cc1)c1ccccc1. The van der Waals surface area contributed by atoms with Crippen molar-refractivity contribution in [2.75, 3.05) is 6.54 Å². The lowest BCUT2D eigenvalue weighted by atomic mass is 10.1. The van der Waals surface area contributed by atoms with E-state index in [1.54, 1.807) is 36.4 Å². The first-order valence-corrected chi connectivity index (χ1v) is 6.97. The third-order valence-electron chi connectivity index (χ3n) is 2.72. The van der Waals surface area contributed by atoms with Crippen LogP contribution in [0.5, 0.6) is 0 Å². The van der Waals surface area contributed by atoms with Crippen molar-refractivity contribution in [3.63, 3.8) is 0 Å². The molecular weight excluding hydrogens is 334 g/mol. The number of benzene rings is 2. The highest BCUT2D eigenvalue weighted by Gasteiger charge is 2.07. The summed E-state index contributed by atoms with van der Waals surface area (Å²) >= 11 is 3.30. The number of amides is 1. The van der Waals surface area contributed by atoms with Gasteiger partial charge in [-0.15, -0.1) is 0 Å². The van der Waals surface area contributed by atoms with Crippen molar-refractivity contribution in [3.05, 3.63) is 75.1 Å². The van der Waals surface area contributed by atoms with Crippen molar-refractivity contribution >= 4 is 27.5 Å². The van der Waals surface area contributed by atoms with Crippen molar-refractivity contribution in [1.82, 2.24) is 5.43 Å². The third-order valence-corrected chi connectivity index (χ3v) is 3.25. The van der Waals surface area contributed by atoms with Gasteiger partial charge in [-0.05, 0) is 29.8 Å². The molecule has 0 aliphatic rings. The minimum atomic E-state index is -0.346. The second-order valence-electron chi connectivity index (χ2n) is 4.16. The molecule has 0 bridgehead atoms. The van der Waals surface area contributed by atoms with Crippen molar-refractivity contribution in [2.45, 2.75) is 0 Å². The fourth-order valence-electron chi connectivity index (χ4n) is 1.67. The van der Waals surface area contributed by atoms with Crippen LogP contribution in [0.1, 0.15) is 15.9 Å². The first kappa shape index (κ1) is 15.1. The Bertz CT molecular complexity index is 654. The summed E-state index contributed by atoms with van der Waals surface area (Å²) in [6, 6.07) is 16.0. The molecule has 6 heteroatoms. The molecule has 2 rings (SSSR count). The zero-order valence-corrected chi connectivity index (χ0v) is 12.6. The van der Waals surface area contributed by atoms with Crippen LogP contribution in [0.4, 0.5) is 0 Å². The minimum absolute atomic E-state index is 0.107. The molecule has 1 amide bonds. The Kier molecular flexibility index (Phi) is 5.34. The lowest BCUT2D eigenvalue weighted by molar-refractivity contribution is 0.0955. The van der Waals surface area contributed by atoms with Gasteiger partial charge in [-0.25, -0.2) is 5.43 Å². The molecule has 0 aliphatic heterocycles. The van der Waals surface area contributed by atoms with E-state index >= 15 is 0 Å². The van der Waals surface area contributed by atoms with Crippen LogP contribution >= 0.6 is 15.9 Å². The van der Waals surface area contributed by atoms with Gasteiger partial charge in [0.2, 0.25) is 0 Å². The van der Waals surface area contributed by atoms with Gasteiger partial charge in [-0.1, -0.05) is 51.4 Å². The number of nitrogens with one attached hydrogen (secondary N) is 1. The van der Waals surface area contributed by atoms with E-state index in [9.17, 15) is 9.70 Å². The second kappa shape index (κ2) is 7.44. The first-order chi connectivity index (χ1) is 10.2. The van der Waals surface area contributed by atoms with E-state index in [1.807, 2.05) is 18.2 Å². The Hall–Kier alpha value is -2.34. The molecule has 0 unspecified atom stereocenters. The number of nitroso groups, excluding NO2 is 1. The Balaban J connectivity index is 2.14. The Morgan fingerprint density at radius 1 is 1.00 bits per heavy atom. The number of carbonyl (C=O) groups is 1. The summed E-state index contributed by atoms with van der Waals surface area (Å²) in [7, 11) is 0. The number of nitrogens with zero attached hydrogens (tertiary/aromatic N) is 2. The number of carbonyl (C=O) groups excluding carboxylic acids is 1. The smallest absolute Gasteiger partial charge is 0.267 e. The molecule has 106 valence electrons. The predicted octanol–water partition coefficient (Wildman–Crippen LogP) is 3.35. The van der Waals surface area contributed by atoms with E-state index in [4.69, 9.17) is 0 Å². The molecule has 5 nitrogen and oxygen atoms in total. The summed E-state index contributed by atoms with van der Waals surface area (Å²) < 4.78 is 0.887. The molecule has 0 atom stereocenters. The molecule has 0 heterocycles. The molecule has 1 N–H and O–H groups in total. The van der Waals surface area contributed by atoms with E-state index in [-0.39, 0.29) is 12.5 Å². The highest BCUT2D eigenvalue weighted by atomic mass is 79.9. The van der Waals surface area contributed by atoms with Crippen molar-refractivity contribution in [1.29, 1.82) is 0 Å². The normalized spacial score (nSPS) is 11.0. The van der Waals surface area contributed by atoms with Gasteiger partial charge in [-0.3, -0.25) is 4.79 Å². The van der Waals surface area contributed by atoms with Crippen LogP contribution in [0.15, 0.2) is 69.3 Å². The Morgan fingerprint density at radius 2 is 1.67 bits per heavy atom. The molecule has 0 saturated heterocycles. The van der Waals surface area contributed by atoms with Gasteiger partial charge < -0.3 is 0 Å². The summed E-state index contributed by atoms with van der Waals surface area (Å²) in [6.45, 7) is -0.107. The van der Waals surface area contributed by atoms with Gasteiger partial charge in [-0.2, -0.15) is 10.0 Å². The summed E-state index contributed by atoms with van der Waals surface area (Å²) in [5.41, 5.74) is 4.07. The monoisotopic (exact) mass is 345 g/mol. The largest absolute Gasteiger partial charge is 0.271 e. The zero-order chi connectivity index (χ0) is 15.1. The van der Waals surface area contributed by atoms with E-state index in [1.165, 1.54) is 0 Å². The van der Waals surface area contributed by atoms with Crippen LogP contribution in [-0.2, 0) is 0 Å². The van der Waals surface area contributed by atoms with Gasteiger partial charge in [0, 0.05) is 10.0 Å². The topological polar surface area (TPSA) is 70.9 Å². The van der Waals surface area contributed by atoms with E-state index in [0.717, 1.165) is 10.0 Å². The lowest BCUT2D eigenvalue weighted by Crippen LogP contribution is -2.21. The summed E-state index contributed by atoms with van der Waals surface area (Å²) in [4.78, 5) is 22.4. The average Bonchev–Trinajstić information content (AvgIpc) is 2.52. The molecule has 0 aromatic heterocycles. The van der Waals surface area contributed by atoms with Crippen LogP contribution in [0, 0.1) is 4.91 Å². The van der Waals surface area contributed by atoms with Gasteiger partial charge >= 0.3 is 0 Å². The number of hydrogen-bond donors (Lipinski definition) is 1. The summed E-state index contributed by atoms with van der Waals surface area (Å²) in [5.74, 6) is -0.346. The van der Waals surface area contributed by atoms with Crippen LogP contribution in [0.3, 0.4) is 0 Å². The van der Waals surface area contributed by atoms with Crippen molar-refractivity contribution < 1.29 is 4.79 Å². The quantitative estimate of drug-likeness (QED) is 0.512. The minimum Gasteiger partial charge on any atom is -0.267 e. The van der Waals surface area contributed by atoms with Gasteiger partial charge in [0.1, 0.15) is 6.54 Å². The lowest BCUT2D eigenvalue weighted by Gasteiger charge is -2.04. The first-order valence-electron chi connectivity index (χ1n) is 6.17. The van der Waals surface area contributed by atoms with E-state index in [2.05, 4.69) is 31.6 Å². The standard InChI is InChI=1S/C15H12BrN3O2/c16-13-8-6-12(7-9-13)15(20)19-18-14(10-17-21)11-4-2-1-3-5-11/h1-9H,10H2,(H,19,20). The van der Waals surface area contributed by atoms with Crippen LogP contribution in [0.25, 0.3) is 0 Å². The number of halogens is 1. The molecule has 0 saturated carbocycles. The predicted molar refractivity (Wildman–Crippen MR) is 85.2 cm³/mol. The van der Waals surface area contributed by atoms with Crippen LogP contribution in [-0.4, -0.2) is 18.2 Å².